The second kappa shape index (κ2) is 7.79. The Morgan fingerprint density at radius 1 is 0.960 bits per heavy atom. The summed E-state index contributed by atoms with van der Waals surface area (Å²) in [5.41, 5.74) is 3.22. The fourth-order valence-electron chi connectivity index (χ4n) is 2.35. The molecule has 0 aliphatic carbocycles. The molecule has 0 fully saturated rings. The van der Waals surface area contributed by atoms with Crippen molar-refractivity contribution in [3.63, 3.8) is 0 Å². The van der Waals surface area contributed by atoms with Gasteiger partial charge in [0.05, 0.1) is 0 Å². The van der Waals surface area contributed by atoms with Gasteiger partial charge in [-0.05, 0) is 40.8 Å². The Kier molecular flexibility index (Phi) is 5.75. The van der Waals surface area contributed by atoms with Gasteiger partial charge in [-0.15, -0.1) is 0 Å². The van der Waals surface area contributed by atoms with Crippen molar-refractivity contribution in [3.8, 4) is 0 Å². The molecule has 2 aromatic rings. The van der Waals surface area contributed by atoms with Crippen LogP contribution in [0.1, 0.15) is 42.3 Å². The normalized spacial score (nSPS) is 11.4. The average Bonchev–Trinajstić information content (AvgIpc) is 2.59. The predicted octanol–water partition coefficient (Wildman–Crippen LogP) is 4.00. The average molecular weight is 336 g/mol. The highest BCUT2D eigenvalue weighted by atomic mass is 16.2. The summed E-state index contributed by atoms with van der Waals surface area (Å²) in [7, 11) is 1.56. The van der Waals surface area contributed by atoms with E-state index in [1.807, 2.05) is 30.3 Å². The number of hydrogen-bond acceptors (Lipinski definition) is 2. The van der Waals surface area contributed by atoms with Crippen LogP contribution in [0.5, 0.6) is 0 Å². The topological polar surface area (TPSA) is 58.2 Å². The monoisotopic (exact) mass is 336 g/mol. The minimum absolute atomic E-state index is 0.0692. The first kappa shape index (κ1) is 18.5. The van der Waals surface area contributed by atoms with Gasteiger partial charge in [0.2, 0.25) is 5.91 Å². The van der Waals surface area contributed by atoms with E-state index in [2.05, 4.69) is 31.4 Å². The van der Waals surface area contributed by atoms with Gasteiger partial charge < -0.3 is 10.6 Å². The van der Waals surface area contributed by atoms with Crippen molar-refractivity contribution in [2.75, 3.05) is 12.4 Å². The zero-order valence-corrected chi connectivity index (χ0v) is 15.1. The summed E-state index contributed by atoms with van der Waals surface area (Å²) < 4.78 is 0. The molecule has 25 heavy (non-hydrogen) atoms. The van der Waals surface area contributed by atoms with Crippen molar-refractivity contribution in [1.82, 2.24) is 5.32 Å². The highest BCUT2D eigenvalue weighted by molar-refractivity contribution is 6.07. The molecule has 4 heteroatoms. The van der Waals surface area contributed by atoms with E-state index in [4.69, 9.17) is 0 Å². The third-order valence-electron chi connectivity index (χ3n) is 3.87. The second-order valence-corrected chi connectivity index (χ2v) is 6.82. The molecule has 0 atom stereocenters. The molecule has 0 unspecified atom stereocenters. The molecule has 0 spiro atoms. The summed E-state index contributed by atoms with van der Waals surface area (Å²) >= 11 is 0. The van der Waals surface area contributed by atoms with Crippen molar-refractivity contribution in [2.24, 2.45) is 0 Å². The van der Waals surface area contributed by atoms with E-state index in [1.54, 1.807) is 31.3 Å². The van der Waals surface area contributed by atoms with Crippen LogP contribution < -0.4 is 10.6 Å². The number of nitrogens with one attached hydrogen (secondary N) is 2. The Morgan fingerprint density at radius 2 is 1.60 bits per heavy atom. The molecule has 4 nitrogen and oxygen atoms in total. The van der Waals surface area contributed by atoms with Gasteiger partial charge in [-0.1, -0.05) is 51.1 Å². The number of anilines is 1. The number of benzene rings is 2. The Hall–Kier alpha value is -2.88. The van der Waals surface area contributed by atoms with Crippen molar-refractivity contribution >= 4 is 23.6 Å². The first-order chi connectivity index (χ1) is 11.8. The number of rotatable bonds is 4. The third-order valence-corrected chi connectivity index (χ3v) is 3.87. The van der Waals surface area contributed by atoms with Crippen molar-refractivity contribution in [3.05, 3.63) is 71.3 Å². The fraction of sp³-hybridized carbons (Fsp3) is 0.238. The summed E-state index contributed by atoms with van der Waals surface area (Å²) in [5.74, 6) is -0.423. The molecule has 2 N–H and O–H groups in total. The molecule has 2 amide bonds. The molecule has 2 rings (SSSR count). The van der Waals surface area contributed by atoms with Gasteiger partial charge >= 0.3 is 0 Å². The molecule has 0 radical (unpaired) electrons. The Labute approximate surface area is 149 Å². The first-order valence-electron chi connectivity index (χ1n) is 8.22. The predicted molar refractivity (Wildman–Crippen MR) is 103 cm³/mol. The maximum atomic E-state index is 12.6. The van der Waals surface area contributed by atoms with E-state index in [0.29, 0.717) is 11.1 Å². The van der Waals surface area contributed by atoms with Crippen molar-refractivity contribution < 1.29 is 9.59 Å². The minimum Gasteiger partial charge on any atom is -0.356 e. The number of hydrogen-bond donors (Lipinski definition) is 2. The van der Waals surface area contributed by atoms with Crippen LogP contribution in [0.15, 0.2) is 54.6 Å². The highest BCUT2D eigenvalue weighted by Crippen LogP contribution is 2.24. The van der Waals surface area contributed by atoms with Gasteiger partial charge in [0.25, 0.3) is 5.91 Å². The van der Waals surface area contributed by atoms with Crippen LogP contribution in [0.4, 0.5) is 5.69 Å². The molecule has 130 valence electrons. The lowest BCUT2D eigenvalue weighted by molar-refractivity contribution is -0.115. The Morgan fingerprint density at radius 3 is 2.20 bits per heavy atom. The smallest absolute Gasteiger partial charge is 0.256 e. The zero-order valence-electron chi connectivity index (χ0n) is 15.1. The molecule has 0 aliphatic rings. The Balaban J connectivity index is 2.19. The van der Waals surface area contributed by atoms with Crippen LogP contribution in [0.2, 0.25) is 0 Å². The van der Waals surface area contributed by atoms with E-state index in [-0.39, 0.29) is 17.2 Å². The number of likely N-dealkylation sites (N-methyl/N-ethyl adjacent to an activating group) is 1. The highest BCUT2D eigenvalue weighted by Gasteiger charge is 2.14. The summed E-state index contributed by atoms with van der Waals surface area (Å²) in [6, 6.07) is 15.0. The van der Waals surface area contributed by atoms with Crippen LogP contribution >= 0.6 is 0 Å². The number of carbonyl (C=O) groups is 2. The van der Waals surface area contributed by atoms with Gasteiger partial charge in [-0.3, -0.25) is 9.59 Å². The molecule has 0 aromatic heterocycles. The Bertz CT molecular complexity index is 784. The van der Waals surface area contributed by atoms with Crippen LogP contribution in [0.25, 0.3) is 6.08 Å². The fourth-order valence-corrected chi connectivity index (χ4v) is 2.35. The third kappa shape index (κ3) is 5.05. The SMILES string of the molecule is CNC(=O)/C=C/c1ccccc1C(=O)Nc1ccc(C(C)(C)C)cc1. The molecular formula is C21H24N2O2. The second-order valence-electron chi connectivity index (χ2n) is 6.82. The van der Waals surface area contributed by atoms with Crippen LogP contribution in [0.3, 0.4) is 0 Å². The van der Waals surface area contributed by atoms with E-state index < -0.39 is 0 Å². The molecular weight excluding hydrogens is 312 g/mol. The van der Waals surface area contributed by atoms with E-state index >= 15 is 0 Å². The lowest BCUT2D eigenvalue weighted by Gasteiger charge is -2.19. The summed E-state index contributed by atoms with van der Waals surface area (Å²) in [6.07, 6.45) is 3.04. The molecule has 0 saturated heterocycles. The lowest BCUT2D eigenvalue weighted by Crippen LogP contribution is -2.15. The molecule has 2 aromatic carbocycles. The van der Waals surface area contributed by atoms with Gasteiger partial charge in [0, 0.05) is 24.4 Å². The quantitative estimate of drug-likeness (QED) is 0.829. The summed E-state index contributed by atoms with van der Waals surface area (Å²) in [4.78, 5) is 24.0. The van der Waals surface area contributed by atoms with E-state index in [9.17, 15) is 9.59 Å². The van der Waals surface area contributed by atoms with Crippen molar-refractivity contribution in [1.29, 1.82) is 0 Å². The first-order valence-corrected chi connectivity index (χ1v) is 8.22. The molecule has 0 bridgehead atoms. The largest absolute Gasteiger partial charge is 0.356 e. The number of carbonyl (C=O) groups excluding carboxylic acids is 2. The standard InChI is InChI=1S/C21H24N2O2/c1-21(2,3)16-10-12-17(13-11-16)23-20(25)18-8-6-5-7-15(18)9-14-19(24)22-4/h5-14H,1-4H3,(H,22,24)(H,23,25)/b14-9+. The van der Waals surface area contributed by atoms with Crippen LogP contribution in [0, 0.1) is 0 Å². The maximum Gasteiger partial charge on any atom is 0.256 e. The van der Waals surface area contributed by atoms with Gasteiger partial charge in [-0.25, -0.2) is 0 Å². The summed E-state index contributed by atoms with van der Waals surface area (Å²) in [6.45, 7) is 6.45. The molecule has 0 aliphatic heterocycles. The summed E-state index contributed by atoms with van der Waals surface area (Å²) in [5, 5.41) is 5.42. The lowest BCUT2D eigenvalue weighted by atomic mass is 9.87. The van der Waals surface area contributed by atoms with Crippen LogP contribution in [-0.4, -0.2) is 18.9 Å². The van der Waals surface area contributed by atoms with E-state index in [0.717, 1.165) is 5.69 Å². The van der Waals surface area contributed by atoms with Gasteiger partial charge in [-0.2, -0.15) is 0 Å². The molecule has 0 saturated carbocycles. The minimum atomic E-state index is -0.215. The molecule has 0 heterocycles. The van der Waals surface area contributed by atoms with Gasteiger partial charge in [0.1, 0.15) is 0 Å². The van der Waals surface area contributed by atoms with E-state index in [1.165, 1.54) is 11.6 Å². The van der Waals surface area contributed by atoms with Crippen LogP contribution in [-0.2, 0) is 10.2 Å². The maximum absolute atomic E-state index is 12.6. The van der Waals surface area contributed by atoms with Gasteiger partial charge in [0.15, 0.2) is 0 Å². The zero-order chi connectivity index (χ0) is 18.4. The van der Waals surface area contributed by atoms with Crippen molar-refractivity contribution in [2.45, 2.75) is 26.2 Å². The number of amides is 2.